The number of rotatable bonds is 13. The van der Waals surface area contributed by atoms with Gasteiger partial charge in [0, 0.05) is 25.8 Å². The number of carbonyl (C=O) groups is 1. The number of amides is 1. The third-order valence-corrected chi connectivity index (χ3v) is 13.6. The zero-order valence-electron chi connectivity index (χ0n) is 27.7. The fourth-order valence-electron chi connectivity index (χ4n) is 5.54. The van der Waals surface area contributed by atoms with E-state index in [1.165, 1.54) is 5.56 Å². The van der Waals surface area contributed by atoms with Crippen LogP contribution in [0.3, 0.4) is 0 Å². The van der Waals surface area contributed by atoms with Crippen molar-refractivity contribution in [2.75, 3.05) is 19.7 Å². The van der Waals surface area contributed by atoms with E-state index in [2.05, 4.69) is 80.1 Å². The lowest BCUT2D eigenvalue weighted by molar-refractivity contribution is 0.0489. The summed E-state index contributed by atoms with van der Waals surface area (Å²) in [4.78, 5) is 18.2. The molecule has 1 amide bonds. The van der Waals surface area contributed by atoms with E-state index in [0.29, 0.717) is 6.61 Å². The van der Waals surface area contributed by atoms with Crippen molar-refractivity contribution in [1.29, 1.82) is 0 Å². The number of pyridine rings is 1. The quantitative estimate of drug-likeness (QED) is 0.153. The molecule has 1 aliphatic heterocycles. The summed E-state index contributed by atoms with van der Waals surface area (Å²) < 4.78 is 19.9. The van der Waals surface area contributed by atoms with Crippen LogP contribution in [-0.2, 0) is 17.4 Å². The van der Waals surface area contributed by atoms with Crippen LogP contribution in [0.2, 0.25) is 18.1 Å². The van der Waals surface area contributed by atoms with Gasteiger partial charge in [0.2, 0.25) is 0 Å². The van der Waals surface area contributed by atoms with Gasteiger partial charge in [-0.2, -0.15) is 0 Å². The largest absolute Gasteiger partial charge is 0.491 e. The molecule has 0 bridgehead atoms. The molecule has 1 aliphatic rings. The van der Waals surface area contributed by atoms with Crippen molar-refractivity contribution >= 4 is 14.2 Å². The maximum Gasteiger partial charge on any atom is 0.267 e. The highest BCUT2D eigenvalue weighted by Gasteiger charge is 2.40. The van der Waals surface area contributed by atoms with E-state index >= 15 is 0 Å². The summed E-state index contributed by atoms with van der Waals surface area (Å²) in [5.74, 6) is 1.23. The standard InChI is InChI=1S/C38H47N3O4Si/c1-38(2,3)46(4,5)45-34(27-43-32-14-10-7-11-15-32)26-41(24-28-12-8-6-9-13-28)25-33-18-16-31-22-29(17-19-36(31)44-33)30-20-21-40-35(23-30)37(39)42/h6-15,17,19-23,33-34H,16,18,24-27H2,1-5H3,(H2,39,42)/t33-,34+/m1/s1. The molecule has 7 nitrogen and oxygen atoms in total. The second kappa shape index (κ2) is 14.6. The van der Waals surface area contributed by atoms with Crippen LogP contribution >= 0.6 is 0 Å². The number of benzene rings is 3. The fraction of sp³-hybridized carbons (Fsp3) is 0.368. The number of fused-ring (bicyclic) bond motifs is 1. The van der Waals surface area contributed by atoms with Crippen LogP contribution in [0, 0.1) is 0 Å². The number of nitrogens with zero attached hydrogens (tertiary/aromatic N) is 2. The average molecular weight is 638 g/mol. The summed E-state index contributed by atoms with van der Waals surface area (Å²) in [5.41, 5.74) is 10.1. The Bertz CT molecular complexity index is 1590. The molecule has 0 saturated heterocycles. The first-order chi connectivity index (χ1) is 22.0. The molecule has 2 N–H and O–H groups in total. The zero-order valence-corrected chi connectivity index (χ0v) is 28.7. The van der Waals surface area contributed by atoms with Crippen molar-refractivity contribution in [1.82, 2.24) is 9.88 Å². The summed E-state index contributed by atoms with van der Waals surface area (Å²) in [6.45, 7) is 14.2. The number of aryl methyl sites for hydroxylation is 1. The minimum atomic E-state index is -2.08. The predicted molar refractivity (Wildman–Crippen MR) is 187 cm³/mol. The first-order valence-corrected chi connectivity index (χ1v) is 19.1. The Morgan fingerprint density at radius 1 is 1.00 bits per heavy atom. The molecule has 2 heterocycles. The monoisotopic (exact) mass is 637 g/mol. The van der Waals surface area contributed by atoms with Crippen molar-refractivity contribution < 1.29 is 18.7 Å². The Morgan fingerprint density at radius 2 is 1.70 bits per heavy atom. The summed E-state index contributed by atoms with van der Waals surface area (Å²) in [7, 11) is -2.08. The van der Waals surface area contributed by atoms with Crippen molar-refractivity contribution in [3.63, 3.8) is 0 Å². The van der Waals surface area contributed by atoms with E-state index < -0.39 is 14.2 Å². The van der Waals surface area contributed by atoms with Gasteiger partial charge in [0.1, 0.15) is 29.9 Å². The highest BCUT2D eigenvalue weighted by molar-refractivity contribution is 6.74. The van der Waals surface area contributed by atoms with Gasteiger partial charge in [0.05, 0.1) is 6.10 Å². The van der Waals surface area contributed by atoms with Crippen LogP contribution in [0.5, 0.6) is 11.5 Å². The maximum atomic E-state index is 11.7. The van der Waals surface area contributed by atoms with Crippen molar-refractivity contribution in [3.05, 3.63) is 114 Å². The Morgan fingerprint density at radius 3 is 2.39 bits per heavy atom. The van der Waals surface area contributed by atoms with Gasteiger partial charge >= 0.3 is 0 Å². The number of ether oxygens (including phenoxy) is 2. The normalized spacial score (nSPS) is 15.6. The maximum absolute atomic E-state index is 11.7. The molecule has 0 spiro atoms. The lowest BCUT2D eigenvalue weighted by Crippen LogP contribution is -2.50. The first-order valence-electron chi connectivity index (χ1n) is 16.1. The topological polar surface area (TPSA) is 86.9 Å². The number of carbonyl (C=O) groups excluding carboxylic acids is 1. The molecule has 3 aromatic carbocycles. The number of primary amides is 1. The highest BCUT2D eigenvalue weighted by Crippen LogP contribution is 2.38. The molecule has 0 unspecified atom stereocenters. The van der Waals surface area contributed by atoms with Gasteiger partial charge in [-0.05, 0) is 89.6 Å². The lowest BCUT2D eigenvalue weighted by atomic mass is 9.96. The summed E-state index contributed by atoms with van der Waals surface area (Å²) in [5, 5.41) is 0.0784. The van der Waals surface area contributed by atoms with E-state index in [4.69, 9.17) is 19.6 Å². The molecular weight excluding hydrogens is 591 g/mol. The molecule has 46 heavy (non-hydrogen) atoms. The lowest BCUT2D eigenvalue weighted by Gasteiger charge is -2.41. The molecule has 8 heteroatoms. The second-order valence-corrected chi connectivity index (χ2v) is 18.5. The predicted octanol–water partition coefficient (Wildman–Crippen LogP) is 7.51. The van der Waals surface area contributed by atoms with Gasteiger partial charge in [-0.15, -0.1) is 0 Å². The van der Waals surface area contributed by atoms with Crippen LogP contribution in [0.1, 0.15) is 48.8 Å². The summed E-state index contributed by atoms with van der Waals surface area (Å²) >= 11 is 0. The third-order valence-electron chi connectivity index (χ3n) is 9.05. The van der Waals surface area contributed by atoms with E-state index in [1.54, 1.807) is 12.3 Å². The Balaban J connectivity index is 1.33. The van der Waals surface area contributed by atoms with E-state index in [-0.39, 0.29) is 22.9 Å². The second-order valence-electron chi connectivity index (χ2n) is 13.7. The molecule has 242 valence electrons. The van der Waals surface area contributed by atoms with Crippen molar-refractivity contribution in [3.8, 4) is 22.6 Å². The van der Waals surface area contributed by atoms with Gasteiger partial charge in [-0.1, -0.05) is 75.4 Å². The molecule has 5 rings (SSSR count). The third kappa shape index (κ3) is 8.84. The first kappa shape index (κ1) is 33.4. The van der Waals surface area contributed by atoms with Crippen LogP contribution in [-0.4, -0.2) is 56.0 Å². The molecule has 0 fully saturated rings. The molecule has 0 saturated carbocycles. The van der Waals surface area contributed by atoms with Gasteiger partial charge in [-0.3, -0.25) is 14.7 Å². The van der Waals surface area contributed by atoms with E-state index in [9.17, 15) is 4.79 Å². The smallest absolute Gasteiger partial charge is 0.267 e. The number of para-hydroxylation sites is 1. The van der Waals surface area contributed by atoms with Crippen LogP contribution < -0.4 is 15.2 Å². The Labute approximate surface area is 274 Å². The highest BCUT2D eigenvalue weighted by atomic mass is 28.4. The molecule has 0 radical (unpaired) electrons. The molecule has 4 aromatic rings. The van der Waals surface area contributed by atoms with E-state index in [1.807, 2.05) is 48.5 Å². The number of nitrogens with two attached hydrogens (primary N) is 1. The van der Waals surface area contributed by atoms with E-state index in [0.717, 1.165) is 60.7 Å². The summed E-state index contributed by atoms with van der Waals surface area (Å²) in [6.07, 6.45) is 3.36. The Hall–Kier alpha value is -3.98. The number of hydrogen-bond donors (Lipinski definition) is 1. The van der Waals surface area contributed by atoms with Crippen molar-refractivity contribution in [2.45, 2.75) is 70.5 Å². The zero-order chi connectivity index (χ0) is 32.7. The van der Waals surface area contributed by atoms with Crippen LogP contribution in [0.15, 0.2) is 97.2 Å². The molecule has 0 aliphatic carbocycles. The van der Waals surface area contributed by atoms with Crippen LogP contribution in [0.25, 0.3) is 11.1 Å². The number of hydrogen-bond acceptors (Lipinski definition) is 6. The minimum absolute atomic E-state index is 0.0352. The van der Waals surface area contributed by atoms with Gasteiger partial charge in [-0.25, -0.2) is 0 Å². The molecule has 2 atom stereocenters. The average Bonchev–Trinajstić information content (AvgIpc) is 3.03. The molecular formula is C38H47N3O4Si. The fourth-order valence-corrected chi connectivity index (χ4v) is 6.87. The summed E-state index contributed by atoms with van der Waals surface area (Å²) in [6, 6.07) is 30.4. The number of aromatic nitrogens is 1. The van der Waals surface area contributed by atoms with Gasteiger partial charge in [0.15, 0.2) is 8.32 Å². The van der Waals surface area contributed by atoms with Crippen molar-refractivity contribution in [2.24, 2.45) is 5.73 Å². The van der Waals surface area contributed by atoms with Gasteiger partial charge in [0.25, 0.3) is 5.91 Å². The minimum Gasteiger partial charge on any atom is -0.491 e. The van der Waals surface area contributed by atoms with Gasteiger partial charge < -0.3 is 19.6 Å². The SMILES string of the molecule is CC(C)(C)[Si](C)(C)O[C@H](COc1ccccc1)CN(Cc1ccccc1)C[C@H]1CCc2cc(-c3ccnc(C(N)=O)c3)ccc2O1. The molecule has 1 aromatic heterocycles. The van der Waals surface area contributed by atoms with Crippen LogP contribution in [0.4, 0.5) is 0 Å². The Kier molecular flexibility index (Phi) is 10.6.